The van der Waals surface area contributed by atoms with Gasteiger partial charge < -0.3 is 5.11 Å². The Morgan fingerprint density at radius 2 is 1.85 bits per heavy atom. The fraction of sp³-hybridized carbons (Fsp3) is 0. The van der Waals surface area contributed by atoms with Crippen molar-refractivity contribution in [3.8, 4) is 27.9 Å². The minimum Gasteiger partial charge on any atom is -0.477 e. The van der Waals surface area contributed by atoms with Crippen LogP contribution < -0.4 is 0 Å². The molecule has 0 saturated heterocycles. The summed E-state index contributed by atoms with van der Waals surface area (Å²) in [6, 6.07) is 19.2. The zero-order chi connectivity index (χ0) is 18.8. The Kier molecular flexibility index (Phi) is 4.24. The van der Waals surface area contributed by atoms with Crippen molar-refractivity contribution in [2.75, 3.05) is 0 Å². The molecule has 2 heterocycles. The molecule has 4 rings (SSSR count). The van der Waals surface area contributed by atoms with Crippen LogP contribution in [-0.4, -0.2) is 21.4 Å². The molecule has 0 aliphatic rings. The van der Waals surface area contributed by atoms with E-state index >= 15 is 0 Å². The SMILES string of the molecule is N#C/C(=C/c1ccc(-c2nonc2-c2ccc3ccccc3c2)s1)C(=O)O. The van der Waals surface area contributed by atoms with E-state index < -0.39 is 5.97 Å². The predicted octanol–water partition coefficient (Wildman–Crippen LogP) is 4.61. The van der Waals surface area contributed by atoms with Crippen molar-refractivity contribution >= 4 is 34.2 Å². The number of nitrogens with zero attached hydrogens (tertiary/aromatic N) is 3. The molecule has 0 aliphatic heterocycles. The van der Waals surface area contributed by atoms with Crippen molar-refractivity contribution in [3.63, 3.8) is 0 Å². The molecule has 0 saturated carbocycles. The van der Waals surface area contributed by atoms with E-state index in [9.17, 15) is 4.79 Å². The lowest BCUT2D eigenvalue weighted by Crippen LogP contribution is -1.96. The minimum atomic E-state index is -1.26. The molecule has 4 aromatic rings. The maximum Gasteiger partial charge on any atom is 0.346 e. The summed E-state index contributed by atoms with van der Waals surface area (Å²) < 4.78 is 4.96. The van der Waals surface area contributed by atoms with Crippen LogP contribution in [-0.2, 0) is 4.79 Å². The Morgan fingerprint density at radius 1 is 1.07 bits per heavy atom. The molecule has 130 valence electrons. The van der Waals surface area contributed by atoms with E-state index in [1.165, 1.54) is 17.4 Å². The standard InChI is InChI=1S/C20H11N3O3S/c21-11-15(20(24)25)10-16-7-8-17(27-16)19-18(22-26-23-19)14-6-5-12-3-1-2-4-13(12)9-14/h1-10H,(H,24,25)/b15-10-. The predicted molar refractivity (Wildman–Crippen MR) is 102 cm³/mol. The van der Waals surface area contributed by atoms with Crippen molar-refractivity contribution in [2.24, 2.45) is 0 Å². The van der Waals surface area contributed by atoms with Crippen LogP contribution in [0.4, 0.5) is 0 Å². The molecule has 0 atom stereocenters. The highest BCUT2D eigenvalue weighted by molar-refractivity contribution is 7.16. The molecule has 0 fully saturated rings. The van der Waals surface area contributed by atoms with Gasteiger partial charge in [-0.15, -0.1) is 11.3 Å². The van der Waals surface area contributed by atoms with Gasteiger partial charge in [-0.25, -0.2) is 9.42 Å². The molecule has 2 aromatic carbocycles. The Hall–Kier alpha value is -3.76. The molecule has 7 heteroatoms. The number of hydrogen-bond donors (Lipinski definition) is 1. The van der Waals surface area contributed by atoms with Gasteiger partial charge in [0, 0.05) is 10.4 Å². The first-order chi connectivity index (χ1) is 13.2. The fourth-order valence-electron chi connectivity index (χ4n) is 2.72. The van der Waals surface area contributed by atoms with Gasteiger partial charge in [0.1, 0.15) is 17.3 Å². The highest BCUT2D eigenvalue weighted by Gasteiger charge is 2.17. The summed E-state index contributed by atoms with van der Waals surface area (Å²) in [5, 5.41) is 28.1. The van der Waals surface area contributed by atoms with Crippen LogP contribution >= 0.6 is 11.3 Å². The molecule has 0 spiro atoms. The second kappa shape index (κ2) is 6.86. The average molecular weight is 373 g/mol. The van der Waals surface area contributed by atoms with Gasteiger partial charge in [0.25, 0.3) is 0 Å². The number of carbonyl (C=O) groups is 1. The second-order valence-corrected chi connectivity index (χ2v) is 6.82. The van der Waals surface area contributed by atoms with Crippen LogP contribution in [0.15, 0.2) is 64.8 Å². The highest BCUT2D eigenvalue weighted by Crippen LogP contribution is 2.35. The van der Waals surface area contributed by atoms with Gasteiger partial charge in [0.05, 0.1) is 4.88 Å². The first kappa shape index (κ1) is 16.7. The van der Waals surface area contributed by atoms with Crippen molar-refractivity contribution in [1.29, 1.82) is 5.26 Å². The van der Waals surface area contributed by atoms with Crippen LogP contribution in [0.5, 0.6) is 0 Å². The monoisotopic (exact) mass is 373 g/mol. The second-order valence-electron chi connectivity index (χ2n) is 5.70. The number of nitriles is 1. The minimum absolute atomic E-state index is 0.323. The quantitative estimate of drug-likeness (QED) is 0.414. The number of fused-ring (bicyclic) bond motifs is 1. The van der Waals surface area contributed by atoms with Crippen LogP contribution in [0.3, 0.4) is 0 Å². The summed E-state index contributed by atoms with van der Waals surface area (Å²) in [5.74, 6) is -1.26. The Morgan fingerprint density at radius 3 is 2.63 bits per heavy atom. The van der Waals surface area contributed by atoms with Gasteiger partial charge in [-0.3, -0.25) is 0 Å². The van der Waals surface area contributed by atoms with Gasteiger partial charge >= 0.3 is 5.97 Å². The third kappa shape index (κ3) is 3.21. The van der Waals surface area contributed by atoms with Crippen LogP contribution in [0, 0.1) is 11.3 Å². The first-order valence-corrected chi connectivity index (χ1v) is 8.74. The van der Waals surface area contributed by atoms with E-state index in [0.717, 1.165) is 21.2 Å². The topological polar surface area (TPSA) is 100 Å². The molecular weight excluding hydrogens is 362 g/mol. The summed E-state index contributed by atoms with van der Waals surface area (Å²) in [6.07, 6.45) is 1.33. The summed E-state index contributed by atoms with van der Waals surface area (Å²) in [7, 11) is 0. The van der Waals surface area contributed by atoms with E-state index in [1.54, 1.807) is 18.2 Å². The molecule has 0 unspecified atom stereocenters. The van der Waals surface area contributed by atoms with Gasteiger partial charge in [0.15, 0.2) is 5.69 Å². The molecule has 0 amide bonds. The zero-order valence-electron chi connectivity index (χ0n) is 13.8. The van der Waals surface area contributed by atoms with Crippen molar-refractivity contribution in [3.05, 3.63) is 65.0 Å². The van der Waals surface area contributed by atoms with Crippen molar-refractivity contribution in [1.82, 2.24) is 10.3 Å². The largest absolute Gasteiger partial charge is 0.477 e. The molecular formula is C20H11N3O3S. The number of thiophene rings is 1. The average Bonchev–Trinajstić information content (AvgIpc) is 3.34. The molecule has 6 nitrogen and oxygen atoms in total. The zero-order valence-corrected chi connectivity index (χ0v) is 14.6. The smallest absolute Gasteiger partial charge is 0.346 e. The molecule has 0 bridgehead atoms. The van der Waals surface area contributed by atoms with E-state index in [0.29, 0.717) is 16.3 Å². The molecule has 0 aliphatic carbocycles. The van der Waals surface area contributed by atoms with Gasteiger partial charge in [-0.05, 0) is 45.4 Å². The molecule has 2 aromatic heterocycles. The Balaban J connectivity index is 1.74. The van der Waals surface area contributed by atoms with Crippen molar-refractivity contribution < 1.29 is 14.5 Å². The number of hydrogen-bond acceptors (Lipinski definition) is 6. The van der Waals surface area contributed by atoms with E-state index in [2.05, 4.69) is 10.3 Å². The third-order valence-electron chi connectivity index (χ3n) is 4.01. The third-order valence-corrected chi connectivity index (χ3v) is 5.05. The van der Waals surface area contributed by atoms with Crippen molar-refractivity contribution in [2.45, 2.75) is 0 Å². The van der Waals surface area contributed by atoms with Crippen LogP contribution in [0.2, 0.25) is 0 Å². The Labute approximate surface area is 157 Å². The number of carboxylic acid groups (broad SMARTS) is 1. The number of rotatable bonds is 4. The number of carboxylic acids is 1. The number of aromatic nitrogens is 2. The first-order valence-electron chi connectivity index (χ1n) is 7.93. The maximum atomic E-state index is 11.0. The van der Waals surface area contributed by atoms with Gasteiger partial charge in [-0.2, -0.15) is 5.26 Å². The van der Waals surface area contributed by atoms with Crippen LogP contribution in [0.1, 0.15) is 4.88 Å². The normalized spacial score (nSPS) is 11.4. The van der Waals surface area contributed by atoms with E-state index in [4.69, 9.17) is 15.0 Å². The summed E-state index contributed by atoms with van der Waals surface area (Å²) in [6.45, 7) is 0. The lowest BCUT2D eigenvalue weighted by molar-refractivity contribution is -0.132. The molecule has 27 heavy (non-hydrogen) atoms. The summed E-state index contributed by atoms with van der Waals surface area (Å²) in [4.78, 5) is 12.4. The van der Waals surface area contributed by atoms with Crippen LogP contribution in [0.25, 0.3) is 38.7 Å². The maximum absolute atomic E-state index is 11.0. The van der Waals surface area contributed by atoms with E-state index in [-0.39, 0.29) is 5.57 Å². The number of benzene rings is 2. The van der Waals surface area contributed by atoms with Gasteiger partial charge in [0.2, 0.25) is 0 Å². The molecule has 1 N–H and O–H groups in total. The lowest BCUT2D eigenvalue weighted by atomic mass is 10.0. The fourth-order valence-corrected chi connectivity index (χ4v) is 3.65. The summed E-state index contributed by atoms with van der Waals surface area (Å²) in [5.41, 5.74) is 1.73. The highest BCUT2D eigenvalue weighted by atomic mass is 32.1. The molecule has 0 radical (unpaired) electrons. The van der Waals surface area contributed by atoms with Gasteiger partial charge in [-0.1, -0.05) is 36.4 Å². The van der Waals surface area contributed by atoms with E-state index in [1.807, 2.05) is 42.5 Å². The number of aliphatic carboxylic acids is 1. The Bertz CT molecular complexity index is 1230. The summed E-state index contributed by atoms with van der Waals surface area (Å²) >= 11 is 1.31. The lowest BCUT2D eigenvalue weighted by Gasteiger charge is -2.01.